The van der Waals surface area contributed by atoms with Crippen molar-refractivity contribution in [1.82, 2.24) is 0 Å². The molecule has 0 saturated carbocycles. The van der Waals surface area contributed by atoms with Gasteiger partial charge in [0.2, 0.25) is 5.69 Å². The summed E-state index contributed by atoms with van der Waals surface area (Å²) in [6.45, 7) is 9.08. The minimum absolute atomic E-state index is 0.0242. The number of rotatable bonds is 48. The predicted molar refractivity (Wildman–Crippen MR) is 359 cm³/mol. The van der Waals surface area contributed by atoms with E-state index in [1.807, 2.05) is 16.4 Å². The molecule has 0 radical (unpaired) electrons. The number of hydrogen-bond acceptors (Lipinski definition) is 23. The van der Waals surface area contributed by atoms with Crippen LogP contribution in [0, 0.1) is 0 Å². The second-order valence-electron chi connectivity index (χ2n) is 23.1. The summed E-state index contributed by atoms with van der Waals surface area (Å²) in [7, 11) is -22.1. The maximum absolute atomic E-state index is 12.9. The fraction of sp³-hybridized carbons (Fsp3) is 0.531. The molecule has 5 N–H and O–H groups in total. The van der Waals surface area contributed by atoms with E-state index in [9.17, 15) is 74.8 Å². The second-order valence-corrected chi connectivity index (χ2v) is 30.2. The standard InChI is InChI=1S/C64H88N2O27S5/c1-63(21-13-43-94(69,70)71)58(66(24-26-87-32-34-91-39-40-93-42-41-92-38-36-89-30-28-85-4)55-20-18-50-52(61(55)63)44-48(95(72,73)74)46-56(50)97(78,79)80)14-9-6-5-7-10-15-59-64(2,22-25-86-31-33-90-37-35-88-29-27-84-3)62-53-45-49(96(75,76)77)47-57(98(81,82)83)51(53)17-19-54(62)65(59)23-12-8-11-16-60(67)68/h5-7,9-10,14-15,17-20,44-47H,8,11-13,16,21-43H2,1-4H3,(H5-,67,68,69,70,71,72,73,74,75,76,77,78,79,80,81,82,83). The van der Waals surface area contributed by atoms with Crippen molar-refractivity contribution in [2.24, 2.45) is 0 Å². The first-order valence-electron chi connectivity index (χ1n) is 31.4. The van der Waals surface area contributed by atoms with Crippen LogP contribution < -0.4 is 4.90 Å². The summed E-state index contributed by atoms with van der Waals surface area (Å²) >= 11 is 0. The number of hydrogen-bond donors (Lipinski definition) is 5. The fourth-order valence-corrected chi connectivity index (χ4v) is 14.9. The molecule has 0 spiro atoms. The fourth-order valence-electron chi connectivity index (χ4n) is 11.8. The largest absolute Gasteiger partial charge is 0.744 e. The topological polar surface area (TPSA) is 411 Å². The summed E-state index contributed by atoms with van der Waals surface area (Å²) in [4.78, 5) is 10.0. The van der Waals surface area contributed by atoms with Crippen molar-refractivity contribution in [2.45, 2.75) is 89.2 Å². The van der Waals surface area contributed by atoms with Crippen molar-refractivity contribution in [3.8, 4) is 0 Å². The number of anilines is 1. The molecule has 0 bridgehead atoms. The quantitative estimate of drug-likeness (QED) is 0.0137. The van der Waals surface area contributed by atoms with Gasteiger partial charge in [0.25, 0.3) is 40.5 Å². The van der Waals surface area contributed by atoms with Crippen LogP contribution in [0.1, 0.15) is 69.9 Å². The molecular formula is C64H88N2O27S5. The second kappa shape index (κ2) is 37.9. The van der Waals surface area contributed by atoms with Crippen LogP contribution in [0.5, 0.6) is 0 Å². The number of carbonyl (C=O) groups is 1. The maximum Gasteiger partial charge on any atom is 0.303 e. The highest BCUT2D eigenvalue weighted by Gasteiger charge is 2.49. The molecule has 34 heteroatoms. The number of fused-ring (bicyclic) bond motifs is 6. The normalized spacial score (nSPS) is 17.6. The summed E-state index contributed by atoms with van der Waals surface area (Å²) in [6, 6.07) is 9.32. The number of ether oxygens (including phenoxy) is 10. The zero-order valence-corrected chi connectivity index (χ0v) is 59.2. The molecule has 2 heterocycles. The maximum atomic E-state index is 12.9. The van der Waals surface area contributed by atoms with E-state index < -0.39 is 92.7 Å². The van der Waals surface area contributed by atoms with Crippen LogP contribution in [0.25, 0.3) is 21.5 Å². The van der Waals surface area contributed by atoms with Crippen LogP contribution >= 0.6 is 0 Å². The minimum Gasteiger partial charge on any atom is -0.744 e. The summed E-state index contributed by atoms with van der Waals surface area (Å²) in [5.74, 6) is -1.68. The van der Waals surface area contributed by atoms with E-state index in [2.05, 4.69) is 0 Å². The van der Waals surface area contributed by atoms with Crippen molar-refractivity contribution in [3.05, 3.63) is 108 Å². The number of carboxylic acids is 1. The Morgan fingerprint density at radius 1 is 0.510 bits per heavy atom. The average molecular weight is 1480 g/mol. The van der Waals surface area contributed by atoms with Gasteiger partial charge in [0.05, 0.1) is 132 Å². The molecule has 0 aromatic heterocycles. The molecule has 6 rings (SSSR count). The van der Waals surface area contributed by atoms with Crippen molar-refractivity contribution in [3.63, 3.8) is 0 Å². The Hall–Kier alpha value is -5.55. The van der Waals surface area contributed by atoms with Gasteiger partial charge in [0, 0.05) is 73.7 Å². The van der Waals surface area contributed by atoms with Crippen LogP contribution in [0.15, 0.2) is 116 Å². The molecule has 0 aliphatic carbocycles. The molecule has 4 aromatic rings. The highest BCUT2D eigenvalue weighted by atomic mass is 32.2. The van der Waals surface area contributed by atoms with Crippen LogP contribution in [0.4, 0.5) is 11.4 Å². The number of unbranched alkanes of at least 4 members (excludes halogenated alkanes) is 2. The van der Waals surface area contributed by atoms with Gasteiger partial charge >= 0.3 is 5.97 Å². The van der Waals surface area contributed by atoms with E-state index in [0.717, 1.165) is 12.1 Å². The van der Waals surface area contributed by atoms with Gasteiger partial charge in [-0.05, 0) is 110 Å². The van der Waals surface area contributed by atoms with E-state index in [4.69, 9.17) is 47.4 Å². The first-order valence-corrected chi connectivity index (χ1v) is 38.7. The Labute approximate surface area is 572 Å². The minimum atomic E-state index is -5.35. The van der Waals surface area contributed by atoms with Gasteiger partial charge in [-0.2, -0.15) is 38.2 Å². The molecule has 4 aromatic carbocycles. The Kier molecular flexibility index (Phi) is 31.5. The average Bonchev–Trinajstić information content (AvgIpc) is 1.53. The number of carboxylic acid groups (broad SMARTS) is 1. The van der Waals surface area contributed by atoms with Gasteiger partial charge in [-0.3, -0.25) is 23.0 Å². The molecule has 0 fully saturated rings. The van der Waals surface area contributed by atoms with Crippen molar-refractivity contribution < 1.29 is 127 Å². The zero-order valence-electron chi connectivity index (χ0n) is 55.1. The molecule has 29 nitrogen and oxygen atoms in total. The van der Waals surface area contributed by atoms with Gasteiger partial charge in [-0.15, -0.1) is 0 Å². The van der Waals surface area contributed by atoms with Crippen LogP contribution in [-0.4, -0.2) is 238 Å². The molecule has 2 atom stereocenters. The number of nitrogens with zero attached hydrogens (tertiary/aromatic N) is 2. The lowest BCUT2D eigenvalue weighted by atomic mass is 9.74. The Balaban J connectivity index is 1.37. The lowest BCUT2D eigenvalue weighted by Gasteiger charge is -2.31. The first kappa shape index (κ1) is 81.4. The lowest BCUT2D eigenvalue weighted by molar-refractivity contribution is -0.442. The third kappa shape index (κ3) is 23.5. The Morgan fingerprint density at radius 2 is 0.980 bits per heavy atom. The SMILES string of the molecule is COCCOCCOCCOCCOCCOCC[N+]1=C(/C=C/C=C/C=C/C=C2/N(CCCCCC(=O)O)c3ccc4c(S(=O)(=O)[O-])cc(S(=O)(=O)O)cc4c3C2(C)CCOCCOCCOCCOC)C(C)(CCCS(=O)(=O)O)c2c1ccc1c(S(=O)(=O)O)cc(S(=O)(=O)O)cc21. The number of allylic oxidation sites excluding steroid dienone is 8. The van der Waals surface area contributed by atoms with E-state index in [0.29, 0.717) is 119 Å². The Morgan fingerprint density at radius 3 is 1.48 bits per heavy atom. The number of aliphatic carboxylic acids is 1. The Bertz CT molecular complexity index is 4120. The summed E-state index contributed by atoms with van der Waals surface area (Å²) in [5.41, 5.74) is 0.148. The lowest BCUT2D eigenvalue weighted by Crippen LogP contribution is -2.33. The molecule has 0 amide bonds. The zero-order chi connectivity index (χ0) is 71.8. The third-order valence-electron chi connectivity index (χ3n) is 16.2. The molecule has 98 heavy (non-hydrogen) atoms. The summed E-state index contributed by atoms with van der Waals surface area (Å²) in [5, 5.41) is 9.20. The summed E-state index contributed by atoms with van der Waals surface area (Å²) < 4.78 is 238. The smallest absolute Gasteiger partial charge is 0.303 e. The molecule has 546 valence electrons. The molecule has 0 saturated heterocycles. The number of benzene rings is 4. The molecule has 2 unspecified atom stereocenters. The summed E-state index contributed by atoms with van der Waals surface area (Å²) in [6.07, 6.45) is 13.0. The van der Waals surface area contributed by atoms with Crippen LogP contribution in [0.3, 0.4) is 0 Å². The third-order valence-corrected chi connectivity index (χ3v) is 20.5. The van der Waals surface area contributed by atoms with Crippen LogP contribution in [-0.2, 0) is 114 Å². The van der Waals surface area contributed by atoms with Crippen molar-refractivity contribution in [1.29, 1.82) is 0 Å². The molecular weight excluding hydrogens is 1390 g/mol. The van der Waals surface area contributed by atoms with Crippen LogP contribution in [0.2, 0.25) is 0 Å². The number of methoxy groups -OCH3 is 2. The van der Waals surface area contributed by atoms with E-state index in [1.165, 1.54) is 12.1 Å². The monoisotopic (exact) mass is 1480 g/mol. The highest BCUT2D eigenvalue weighted by molar-refractivity contribution is 7.87. The van der Waals surface area contributed by atoms with Crippen molar-refractivity contribution >= 4 is 95.2 Å². The van der Waals surface area contributed by atoms with Gasteiger partial charge in [0.1, 0.15) is 21.6 Å². The highest BCUT2D eigenvalue weighted by Crippen LogP contribution is 2.54. The van der Waals surface area contributed by atoms with E-state index >= 15 is 0 Å². The molecule has 2 aliphatic heterocycles. The first-order chi connectivity index (χ1) is 46.4. The van der Waals surface area contributed by atoms with E-state index in [1.54, 1.807) is 75.8 Å². The van der Waals surface area contributed by atoms with E-state index in [-0.39, 0.29) is 125 Å². The van der Waals surface area contributed by atoms with Gasteiger partial charge in [-0.25, -0.2) is 8.42 Å². The van der Waals surface area contributed by atoms with Gasteiger partial charge in [-0.1, -0.05) is 42.9 Å². The predicted octanol–water partition coefficient (Wildman–Crippen LogP) is 6.45. The molecule has 2 aliphatic rings. The van der Waals surface area contributed by atoms with Gasteiger partial charge in [0.15, 0.2) is 12.3 Å². The van der Waals surface area contributed by atoms with Crippen molar-refractivity contribution in [2.75, 3.05) is 157 Å². The van der Waals surface area contributed by atoms with Gasteiger partial charge < -0.3 is 61.9 Å².